The van der Waals surface area contributed by atoms with Crippen LogP contribution in [0, 0.1) is 5.92 Å². The van der Waals surface area contributed by atoms with Gasteiger partial charge in [0.05, 0.1) is 13.2 Å². The molecule has 0 aromatic heterocycles. The summed E-state index contributed by atoms with van der Waals surface area (Å²) in [4.78, 5) is 0. The molecule has 0 spiro atoms. The molecule has 0 N–H and O–H groups in total. The number of rotatable bonds is 10. The van der Waals surface area contributed by atoms with Crippen LogP contribution in [-0.4, -0.2) is 25.3 Å². The molecule has 24 heavy (non-hydrogen) atoms. The van der Waals surface area contributed by atoms with E-state index in [4.69, 9.17) is 0 Å². The molecule has 0 amide bonds. The van der Waals surface area contributed by atoms with Crippen molar-refractivity contribution in [1.29, 1.82) is 0 Å². The molecular weight excluding hydrogens is 365 g/mol. The zero-order chi connectivity index (χ0) is 19.2. The summed E-state index contributed by atoms with van der Waals surface area (Å²) in [7, 11) is -4.51. The van der Waals surface area contributed by atoms with Crippen LogP contribution < -0.4 is 0 Å². The van der Waals surface area contributed by atoms with Crippen LogP contribution in [0.25, 0.3) is 0 Å². The molecule has 0 aliphatic carbocycles. The highest BCUT2D eigenvalue weighted by Gasteiger charge is 2.62. The first kappa shape index (κ1) is 23.3. The smallest absolute Gasteiger partial charge is 0.406 e. The summed E-state index contributed by atoms with van der Waals surface area (Å²) in [6.07, 6.45) is -6.76. The van der Waals surface area contributed by atoms with Gasteiger partial charge < -0.3 is 4.52 Å². The molecule has 0 bridgehead atoms. The van der Waals surface area contributed by atoms with Gasteiger partial charge in [-0.2, -0.15) is 22.0 Å². The Balaban J connectivity index is 5.82. The molecule has 11 heteroatoms. The van der Waals surface area contributed by atoms with Gasteiger partial charge in [-0.05, 0) is 26.2 Å². The fourth-order valence-electron chi connectivity index (χ4n) is 1.46. The topological polar surface area (TPSA) is 44.8 Å². The molecule has 144 valence electrons. The fourth-order valence-corrected chi connectivity index (χ4v) is 2.71. The summed E-state index contributed by atoms with van der Waals surface area (Å²) >= 11 is 0. The van der Waals surface area contributed by atoms with E-state index in [0.717, 1.165) is 0 Å². The second-order valence-electron chi connectivity index (χ2n) is 5.12. The zero-order valence-corrected chi connectivity index (χ0v) is 14.6. The van der Waals surface area contributed by atoms with Crippen molar-refractivity contribution in [2.45, 2.75) is 52.6 Å². The third kappa shape index (κ3) is 6.64. The maximum absolute atomic E-state index is 13.9. The highest BCUT2D eigenvalue weighted by Crippen LogP contribution is 2.54. The van der Waals surface area contributed by atoms with Crippen molar-refractivity contribution in [3.8, 4) is 0 Å². The van der Waals surface area contributed by atoms with Gasteiger partial charge in [-0.1, -0.05) is 13.8 Å². The molecule has 0 aromatic carbocycles. The Labute approximate surface area is 136 Å². The molecule has 0 saturated carbocycles. The van der Waals surface area contributed by atoms with Crippen LogP contribution in [0.5, 0.6) is 0 Å². The van der Waals surface area contributed by atoms with E-state index in [-0.39, 0.29) is 25.6 Å². The summed E-state index contributed by atoms with van der Waals surface area (Å²) in [5, 5.41) is 0. The lowest BCUT2D eigenvalue weighted by molar-refractivity contribution is -0.271. The van der Waals surface area contributed by atoms with Crippen molar-refractivity contribution in [1.82, 2.24) is 0 Å². The third-order valence-corrected chi connectivity index (χ3v) is 4.21. The largest absolute Gasteiger partial charge is 0.529 e. The van der Waals surface area contributed by atoms with Crippen molar-refractivity contribution in [3.05, 3.63) is 11.6 Å². The number of allylic oxidation sites excluding steroid dienone is 2. The van der Waals surface area contributed by atoms with Crippen LogP contribution in [0.3, 0.4) is 0 Å². The Bertz CT molecular complexity index is 466. The molecule has 0 rings (SSSR count). The van der Waals surface area contributed by atoms with Crippen LogP contribution in [0.1, 0.15) is 40.5 Å². The summed E-state index contributed by atoms with van der Waals surface area (Å²) in [6, 6.07) is 0. The average molecular weight is 386 g/mol. The Hall–Kier alpha value is -0.730. The number of phosphoric ester groups is 1. The fraction of sp³-hybridized carbons (Fsp3) is 0.846. The molecule has 0 aliphatic heterocycles. The van der Waals surface area contributed by atoms with Crippen LogP contribution in [0.15, 0.2) is 11.6 Å². The van der Waals surface area contributed by atoms with Gasteiger partial charge >= 0.3 is 19.9 Å². The molecule has 0 saturated heterocycles. The summed E-state index contributed by atoms with van der Waals surface area (Å²) in [5.74, 6) is -10.2. The SMILES string of the molecule is CCOP(=O)(OCC)O/C(CCC(C)C)=C(/F)C(F)(F)C(F)(F)F. The van der Waals surface area contributed by atoms with Crippen LogP contribution >= 0.6 is 7.82 Å². The second kappa shape index (κ2) is 9.10. The van der Waals surface area contributed by atoms with Gasteiger partial charge in [0.2, 0.25) is 5.83 Å². The number of alkyl halides is 5. The summed E-state index contributed by atoms with van der Waals surface area (Å²) < 4.78 is 103. The highest BCUT2D eigenvalue weighted by atomic mass is 31.2. The van der Waals surface area contributed by atoms with Crippen molar-refractivity contribution in [2.75, 3.05) is 13.2 Å². The van der Waals surface area contributed by atoms with E-state index in [1.165, 1.54) is 13.8 Å². The quantitative estimate of drug-likeness (QED) is 0.262. The minimum Gasteiger partial charge on any atom is -0.406 e. The van der Waals surface area contributed by atoms with Crippen LogP contribution in [-0.2, 0) is 18.1 Å². The van der Waals surface area contributed by atoms with E-state index < -0.39 is 37.9 Å². The maximum Gasteiger partial charge on any atom is 0.529 e. The first-order chi connectivity index (χ1) is 10.8. The number of halogens is 6. The monoisotopic (exact) mass is 386 g/mol. The van der Waals surface area contributed by atoms with Gasteiger partial charge in [-0.15, -0.1) is 0 Å². The van der Waals surface area contributed by atoms with Crippen molar-refractivity contribution in [2.24, 2.45) is 5.92 Å². The predicted molar refractivity (Wildman–Crippen MR) is 75.2 cm³/mol. The second-order valence-corrected chi connectivity index (χ2v) is 6.71. The van der Waals surface area contributed by atoms with Gasteiger partial charge in [0, 0.05) is 6.42 Å². The van der Waals surface area contributed by atoms with Gasteiger partial charge in [0.25, 0.3) is 0 Å². The number of hydrogen-bond acceptors (Lipinski definition) is 4. The Morgan fingerprint density at radius 3 is 1.83 bits per heavy atom. The normalized spacial score (nSPS) is 14.8. The lowest BCUT2D eigenvalue weighted by atomic mass is 10.1. The maximum atomic E-state index is 13.9. The Kier molecular flexibility index (Phi) is 8.83. The lowest BCUT2D eigenvalue weighted by Crippen LogP contribution is -2.37. The minimum atomic E-state index is -6.16. The van der Waals surface area contributed by atoms with Gasteiger partial charge in [-0.25, -0.2) is 8.96 Å². The lowest BCUT2D eigenvalue weighted by Gasteiger charge is -2.23. The first-order valence-corrected chi connectivity index (χ1v) is 8.69. The molecule has 0 aliphatic rings. The van der Waals surface area contributed by atoms with Crippen molar-refractivity contribution in [3.63, 3.8) is 0 Å². The molecule has 0 aromatic rings. The standard InChI is InChI=1S/C13H21F6O4P/c1-5-21-24(20,22-6-2)23-10(8-7-9(3)4)11(14)12(15,16)13(17,18)19/h9H,5-8H2,1-4H3/b11-10+. The number of phosphoric acid groups is 1. The van der Waals surface area contributed by atoms with E-state index in [2.05, 4.69) is 13.6 Å². The molecule has 0 unspecified atom stereocenters. The molecular formula is C13H21F6O4P. The first-order valence-electron chi connectivity index (χ1n) is 7.23. The van der Waals surface area contributed by atoms with E-state index in [1.54, 1.807) is 13.8 Å². The van der Waals surface area contributed by atoms with E-state index >= 15 is 0 Å². The molecule has 0 fully saturated rings. The molecule has 0 heterocycles. The van der Waals surface area contributed by atoms with Crippen molar-refractivity contribution >= 4 is 7.82 Å². The highest BCUT2D eigenvalue weighted by molar-refractivity contribution is 7.48. The number of hydrogen-bond donors (Lipinski definition) is 0. The van der Waals surface area contributed by atoms with E-state index in [9.17, 15) is 30.9 Å². The summed E-state index contributed by atoms with van der Waals surface area (Å²) in [5.41, 5.74) is 0. The zero-order valence-electron chi connectivity index (χ0n) is 13.8. The third-order valence-electron chi connectivity index (χ3n) is 2.62. The predicted octanol–water partition coefficient (Wildman–Crippen LogP) is 6.00. The molecule has 0 radical (unpaired) electrons. The average Bonchev–Trinajstić information content (AvgIpc) is 2.41. The van der Waals surface area contributed by atoms with Gasteiger partial charge in [0.15, 0.2) is 0 Å². The van der Waals surface area contributed by atoms with Gasteiger partial charge in [-0.3, -0.25) is 9.05 Å². The van der Waals surface area contributed by atoms with Crippen molar-refractivity contribution < 1.29 is 44.5 Å². The Morgan fingerprint density at radius 1 is 1.04 bits per heavy atom. The minimum absolute atomic E-state index is 0.0228. The van der Waals surface area contributed by atoms with E-state index in [0.29, 0.717) is 0 Å². The molecule has 0 atom stereocenters. The van der Waals surface area contributed by atoms with Gasteiger partial charge in [0.1, 0.15) is 5.76 Å². The summed E-state index contributed by atoms with van der Waals surface area (Å²) in [6.45, 7) is 5.53. The van der Waals surface area contributed by atoms with Crippen LogP contribution in [0.2, 0.25) is 0 Å². The molecule has 4 nitrogen and oxygen atoms in total. The van der Waals surface area contributed by atoms with E-state index in [1.807, 2.05) is 0 Å². The van der Waals surface area contributed by atoms with Crippen LogP contribution in [0.4, 0.5) is 26.3 Å². The Morgan fingerprint density at radius 2 is 1.50 bits per heavy atom.